The average molecular weight is 473 g/mol. The lowest BCUT2D eigenvalue weighted by Crippen LogP contribution is -2.39. The molecule has 0 aliphatic rings. The monoisotopic (exact) mass is 473 g/mol. The highest BCUT2D eigenvalue weighted by Gasteiger charge is 2.04. The molecule has 0 radical (unpaired) electrons. The number of rotatable bonds is 7. The van der Waals surface area contributed by atoms with Gasteiger partial charge in [0.25, 0.3) is 0 Å². The molecule has 0 bridgehead atoms. The van der Waals surface area contributed by atoms with E-state index in [1.807, 2.05) is 50.4 Å². The van der Waals surface area contributed by atoms with Crippen LogP contribution in [0, 0.1) is 6.92 Å². The van der Waals surface area contributed by atoms with Crippen molar-refractivity contribution in [2.75, 3.05) is 25.0 Å². The Balaban J connectivity index is 0.00000312. The van der Waals surface area contributed by atoms with Crippen molar-refractivity contribution in [1.82, 2.24) is 15.6 Å². The lowest BCUT2D eigenvalue weighted by Gasteiger charge is -2.10. The molecule has 8 heteroatoms. The van der Waals surface area contributed by atoms with E-state index in [0.717, 1.165) is 30.2 Å². The maximum atomic E-state index is 11.9. The Morgan fingerprint density at radius 1 is 1.24 bits per heavy atom. The van der Waals surface area contributed by atoms with E-state index < -0.39 is 0 Å². The molecule has 2 rings (SSSR count). The highest BCUT2D eigenvalue weighted by molar-refractivity contribution is 14.0. The Kier molecular flexibility index (Phi) is 10.1. The third-order valence-electron chi connectivity index (χ3n) is 3.08. The van der Waals surface area contributed by atoms with Crippen LogP contribution in [-0.2, 0) is 11.2 Å². The van der Waals surface area contributed by atoms with E-state index in [9.17, 15) is 4.79 Å². The number of aryl methyl sites for hydroxylation is 1. The summed E-state index contributed by atoms with van der Waals surface area (Å²) >= 11 is 1.70. The van der Waals surface area contributed by atoms with Gasteiger partial charge in [0.2, 0.25) is 5.91 Å². The molecule has 0 saturated heterocycles. The van der Waals surface area contributed by atoms with Gasteiger partial charge in [0.15, 0.2) is 5.96 Å². The number of benzene rings is 1. The Bertz CT molecular complexity index is 675. The summed E-state index contributed by atoms with van der Waals surface area (Å²) in [6.45, 7) is 5.57. The minimum Gasteiger partial charge on any atom is -0.357 e. The highest BCUT2D eigenvalue weighted by Crippen LogP contribution is 2.10. The topological polar surface area (TPSA) is 78.4 Å². The van der Waals surface area contributed by atoms with Crippen molar-refractivity contribution in [1.29, 1.82) is 0 Å². The molecule has 136 valence electrons. The number of aromatic nitrogens is 1. The first-order valence-electron chi connectivity index (χ1n) is 7.95. The summed E-state index contributed by atoms with van der Waals surface area (Å²) in [5.41, 5.74) is 0.773. The van der Waals surface area contributed by atoms with Gasteiger partial charge >= 0.3 is 0 Å². The molecule has 1 amide bonds. The first kappa shape index (κ1) is 21.4. The molecule has 3 N–H and O–H groups in total. The number of aliphatic imine (C=N–C) groups is 1. The fourth-order valence-electron chi connectivity index (χ4n) is 2.02. The highest BCUT2D eigenvalue weighted by atomic mass is 127. The summed E-state index contributed by atoms with van der Waals surface area (Å²) in [7, 11) is 0. The number of hydrogen-bond donors (Lipinski definition) is 3. The maximum Gasteiger partial charge on any atom is 0.246 e. The molecular weight excluding hydrogens is 449 g/mol. The van der Waals surface area contributed by atoms with Crippen LogP contribution in [0.4, 0.5) is 5.69 Å². The van der Waals surface area contributed by atoms with E-state index in [4.69, 9.17) is 0 Å². The number of amides is 1. The number of carbonyl (C=O) groups is 1. The van der Waals surface area contributed by atoms with Gasteiger partial charge in [0.05, 0.1) is 5.01 Å². The molecule has 25 heavy (non-hydrogen) atoms. The van der Waals surface area contributed by atoms with Crippen molar-refractivity contribution in [3.05, 3.63) is 46.4 Å². The zero-order valence-electron chi connectivity index (χ0n) is 14.4. The lowest BCUT2D eigenvalue weighted by molar-refractivity contribution is -0.114. The van der Waals surface area contributed by atoms with Gasteiger partial charge < -0.3 is 16.0 Å². The number of guanidine groups is 1. The van der Waals surface area contributed by atoms with Crippen LogP contribution in [0.2, 0.25) is 0 Å². The Morgan fingerprint density at radius 3 is 2.64 bits per heavy atom. The molecule has 0 fully saturated rings. The molecule has 0 atom stereocenters. The van der Waals surface area contributed by atoms with Crippen molar-refractivity contribution in [3.8, 4) is 0 Å². The predicted octanol–water partition coefficient (Wildman–Crippen LogP) is 2.81. The number of thiazole rings is 1. The molecule has 6 nitrogen and oxygen atoms in total. The van der Waals surface area contributed by atoms with E-state index in [-0.39, 0.29) is 36.4 Å². The third-order valence-corrected chi connectivity index (χ3v) is 4.06. The number of hydrogen-bond acceptors (Lipinski definition) is 4. The quantitative estimate of drug-likeness (QED) is 0.329. The van der Waals surface area contributed by atoms with E-state index >= 15 is 0 Å². The molecule has 1 aromatic carbocycles. The molecule has 1 aromatic heterocycles. The number of carbonyl (C=O) groups excluding carboxylic acids is 1. The van der Waals surface area contributed by atoms with Crippen LogP contribution in [0.1, 0.15) is 16.8 Å². The first-order chi connectivity index (χ1) is 11.7. The zero-order valence-corrected chi connectivity index (χ0v) is 17.6. The standard InChI is InChI=1S/C17H23N5OS.HI/c1-3-18-17(19-10-9-16-20-11-13(2)24-16)21-12-15(23)22-14-7-5-4-6-8-14;/h4-8,11H,3,9-10,12H2,1-2H3,(H,22,23)(H2,18,19,21);1H. The number of nitrogens with one attached hydrogen (secondary N) is 3. The second kappa shape index (κ2) is 11.8. The molecular formula is C17H24IN5OS. The van der Waals surface area contributed by atoms with Crippen molar-refractivity contribution in [3.63, 3.8) is 0 Å². The van der Waals surface area contributed by atoms with Crippen molar-refractivity contribution in [2.45, 2.75) is 20.3 Å². The van der Waals surface area contributed by atoms with Crippen molar-refractivity contribution < 1.29 is 4.79 Å². The molecule has 0 aliphatic carbocycles. The molecule has 0 aliphatic heterocycles. The average Bonchev–Trinajstić information content (AvgIpc) is 2.99. The molecule has 0 spiro atoms. The van der Waals surface area contributed by atoms with Crippen LogP contribution in [0.3, 0.4) is 0 Å². The van der Waals surface area contributed by atoms with Gasteiger partial charge in [-0.1, -0.05) is 18.2 Å². The third kappa shape index (κ3) is 8.30. The Morgan fingerprint density at radius 2 is 2.00 bits per heavy atom. The SMILES string of the molecule is CCNC(=NCC(=O)Nc1ccccc1)NCCc1ncc(C)s1.I. The second-order valence-electron chi connectivity index (χ2n) is 5.15. The van der Waals surface area contributed by atoms with Crippen LogP contribution in [-0.4, -0.2) is 36.5 Å². The van der Waals surface area contributed by atoms with Gasteiger partial charge in [-0.2, -0.15) is 0 Å². The van der Waals surface area contributed by atoms with E-state index in [0.29, 0.717) is 5.96 Å². The minimum atomic E-state index is -0.144. The maximum absolute atomic E-state index is 11.9. The summed E-state index contributed by atoms with van der Waals surface area (Å²) in [5, 5.41) is 10.3. The summed E-state index contributed by atoms with van der Waals surface area (Å²) in [6, 6.07) is 9.36. The van der Waals surface area contributed by atoms with Crippen LogP contribution < -0.4 is 16.0 Å². The zero-order chi connectivity index (χ0) is 17.2. The van der Waals surface area contributed by atoms with Crippen LogP contribution >= 0.6 is 35.3 Å². The minimum absolute atomic E-state index is 0. The van der Waals surface area contributed by atoms with Crippen LogP contribution in [0.15, 0.2) is 41.5 Å². The normalized spacial score (nSPS) is 10.7. The summed E-state index contributed by atoms with van der Waals surface area (Å²) < 4.78 is 0. The van der Waals surface area contributed by atoms with E-state index in [1.54, 1.807) is 11.3 Å². The number of para-hydroxylation sites is 1. The Hall–Kier alpha value is -1.68. The molecule has 0 unspecified atom stereocenters. The van der Waals surface area contributed by atoms with Gasteiger partial charge in [0, 0.05) is 36.3 Å². The van der Waals surface area contributed by atoms with Crippen LogP contribution in [0.25, 0.3) is 0 Å². The van der Waals surface area contributed by atoms with Crippen molar-refractivity contribution >= 4 is 52.9 Å². The van der Waals surface area contributed by atoms with Crippen molar-refractivity contribution in [2.24, 2.45) is 4.99 Å². The van der Waals surface area contributed by atoms with E-state index in [1.165, 1.54) is 4.88 Å². The fourth-order valence-corrected chi connectivity index (χ4v) is 2.81. The summed E-state index contributed by atoms with van der Waals surface area (Å²) in [4.78, 5) is 21.8. The molecule has 1 heterocycles. The number of nitrogens with zero attached hydrogens (tertiary/aromatic N) is 2. The van der Waals surface area contributed by atoms with Gasteiger partial charge in [-0.05, 0) is 26.0 Å². The van der Waals surface area contributed by atoms with Gasteiger partial charge in [-0.15, -0.1) is 35.3 Å². The van der Waals surface area contributed by atoms with Gasteiger partial charge in [0.1, 0.15) is 6.54 Å². The second-order valence-corrected chi connectivity index (χ2v) is 6.47. The smallest absolute Gasteiger partial charge is 0.246 e. The van der Waals surface area contributed by atoms with Crippen LogP contribution in [0.5, 0.6) is 0 Å². The largest absolute Gasteiger partial charge is 0.357 e. The summed E-state index contributed by atoms with van der Waals surface area (Å²) in [5.74, 6) is 0.489. The first-order valence-corrected chi connectivity index (χ1v) is 8.77. The van der Waals surface area contributed by atoms with Gasteiger partial charge in [-0.25, -0.2) is 9.98 Å². The number of anilines is 1. The summed E-state index contributed by atoms with van der Waals surface area (Å²) in [6.07, 6.45) is 2.71. The van der Waals surface area contributed by atoms with E-state index in [2.05, 4.69) is 25.9 Å². The Labute approximate surface area is 169 Å². The molecule has 0 saturated carbocycles. The lowest BCUT2D eigenvalue weighted by atomic mass is 10.3. The molecule has 2 aromatic rings. The fraction of sp³-hybridized carbons (Fsp3) is 0.353. The number of halogens is 1. The van der Waals surface area contributed by atoms with Gasteiger partial charge in [-0.3, -0.25) is 4.79 Å². The predicted molar refractivity (Wildman–Crippen MR) is 115 cm³/mol.